The van der Waals surface area contributed by atoms with E-state index in [9.17, 15) is 9.90 Å². The molecule has 0 saturated heterocycles. The normalized spacial score (nSPS) is 13.0. The number of ether oxygens (including phenoxy) is 1. The number of imidazole rings is 1. The fourth-order valence-corrected chi connectivity index (χ4v) is 1.89. The standard InChI is InChI=1S/C13H21N5O3/c1-8(2)14-5-9(19)6-21-13-16-11-10(12(20)18(13)4)17(3)7-15-11/h7-9,14,19H,5-6H2,1-4H3. The highest BCUT2D eigenvalue weighted by Gasteiger charge is 2.14. The lowest BCUT2D eigenvalue weighted by Gasteiger charge is -2.15. The Bertz CT molecular complexity index is 676. The van der Waals surface area contributed by atoms with Crippen LogP contribution in [-0.4, -0.2) is 49.5 Å². The molecule has 1 unspecified atom stereocenters. The first-order valence-electron chi connectivity index (χ1n) is 6.82. The maximum absolute atomic E-state index is 12.2. The van der Waals surface area contributed by atoms with Crippen molar-refractivity contribution >= 4 is 11.2 Å². The highest BCUT2D eigenvalue weighted by molar-refractivity contribution is 5.69. The molecular weight excluding hydrogens is 274 g/mol. The molecule has 2 rings (SSSR count). The van der Waals surface area contributed by atoms with Gasteiger partial charge in [-0.1, -0.05) is 13.8 Å². The smallest absolute Gasteiger partial charge is 0.301 e. The number of aliphatic hydroxyl groups is 1. The molecule has 0 aliphatic rings. The van der Waals surface area contributed by atoms with Gasteiger partial charge in [0.1, 0.15) is 12.7 Å². The summed E-state index contributed by atoms with van der Waals surface area (Å²) in [6.07, 6.45) is 0.855. The molecule has 2 N–H and O–H groups in total. The number of hydrogen-bond donors (Lipinski definition) is 2. The van der Waals surface area contributed by atoms with E-state index in [-0.39, 0.29) is 24.2 Å². The van der Waals surface area contributed by atoms with E-state index in [4.69, 9.17) is 4.74 Å². The van der Waals surface area contributed by atoms with Crippen LogP contribution in [0.2, 0.25) is 0 Å². The Balaban J connectivity index is 2.12. The van der Waals surface area contributed by atoms with Crippen LogP contribution >= 0.6 is 0 Å². The van der Waals surface area contributed by atoms with Crippen LogP contribution in [0.4, 0.5) is 0 Å². The summed E-state index contributed by atoms with van der Waals surface area (Å²) in [4.78, 5) is 20.5. The summed E-state index contributed by atoms with van der Waals surface area (Å²) in [5.41, 5.74) is 0.530. The summed E-state index contributed by atoms with van der Waals surface area (Å²) in [7, 11) is 3.32. The van der Waals surface area contributed by atoms with Crippen molar-refractivity contribution in [1.29, 1.82) is 0 Å². The number of aromatic nitrogens is 4. The summed E-state index contributed by atoms with van der Waals surface area (Å²) >= 11 is 0. The monoisotopic (exact) mass is 295 g/mol. The second-order valence-electron chi connectivity index (χ2n) is 5.31. The van der Waals surface area contributed by atoms with Crippen LogP contribution in [0.5, 0.6) is 6.01 Å². The zero-order valence-electron chi connectivity index (χ0n) is 12.7. The molecule has 0 amide bonds. The zero-order valence-corrected chi connectivity index (χ0v) is 12.7. The van der Waals surface area contributed by atoms with Gasteiger partial charge in [0.15, 0.2) is 11.2 Å². The van der Waals surface area contributed by atoms with Gasteiger partial charge in [-0.3, -0.25) is 9.36 Å². The van der Waals surface area contributed by atoms with Gasteiger partial charge in [0.05, 0.1) is 6.33 Å². The molecule has 116 valence electrons. The van der Waals surface area contributed by atoms with Gasteiger partial charge in [0, 0.05) is 26.7 Å². The van der Waals surface area contributed by atoms with Crippen LogP contribution in [0.1, 0.15) is 13.8 Å². The van der Waals surface area contributed by atoms with E-state index >= 15 is 0 Å². The predicted octanol–water partition coefficient (Wildman–Crippen LogP) is -0.595. The predicted molar refractivity (Wildman–Crippen MR) is 78.4 cm³/mol. The highest BCUT2D eigenvalue weighted by atomic mass is 16.5. The molecule has 0 aromatic carbocycles. The topological polar surface area (TPSA) is 94.2 Å². The van der Waals surface area contributed by atoms with Crippen molar-refractivity contribution in [2.45, 2.75) is 26.0 Å². The molecule has 2 aromatic heterocycles. The molecule has 8 nitrogen and oxygen atoms in total. The highest BCUT2D eigenvalue weighted by Crippen LogP contribution is 2.10. The minimum absolute atomic E-state index is 0.0539. The van der Waals surface area contributed by atoms with Gasteiger partial charge in [0.2, 0.25) is 0 Å². The number of aliphatic hydroxyl groups excluding tert-OH is 1. The van der Waals surface area contributed by atoms with Crippen LogP contribution in [0, 0.1) is 0 Å². The Morgan fingerprint density at radius 1 is 1.43 bits per heavy atom. The first-order valence-corrected chi connectivity index (χ1v) is 6.82. The average Bonchev–Trinajstić information content (AvgIpc) is 2.80. The van der Waals surface area contributed by atoms with Gasteiger partial charge < -0.3 is 19.7 Å². The second-order valence-corrected chi connectivity index (χ2v) is 5.31. The Labute approximate surface area is 122 Å². The third-order valence-electron chi connectivity index (χ3n) is 3.08. The second kappa shape index (κ2) is 6.23. The minimum atomic E-state index is -0.677. The fraction of sp³-hybridized carbons (Fsp3) is 0.615. The Morgan fingerprint density at radius 2 is 2.14 bits per heavy atom. The van der Waals surface area contributed by atoms with Gasteiger partial charge >= 0.3 is 6.01 Å². The molecule has 0 radical (unpaired) electrons. The van der Waals surface area contributed by atoms with Crippen LogP contribution < -0.4 is 15.6 Å². The molecule has 2 aromatic rings. The fourth-order valence-electron chi connectivity index (χ4n) is 1.89. The molecule has 0 spiro atoms. The van der Waals surface area contributed by atoms with Crippen molar-refractivity contribution in [3.05, 3.63) is 16.7 Å². The number of aryl methyl sites for hydroxylation is 1. The molecule has 1 atom stereocenters. The minimum Gasteiger partial charge on any atom is -0.462 e. The van der Waals surface area contributed by atoms with Gasteiger partial charge in [-0.15, -0.1) is 0 Å². The van der Waals surface area contributed by atoms with Crippen molar-refractivity contribution in [3.63, 3.8) is 0 Å². The van der Waals surface area contributed by atoms with Crippen molar-refractivity contribution in [2.75, 3.05) is 13.2 Å². The molecule has 0 aliphatic heterocycles. The number of nitrogens with zero attached hydrogens (tertiary/aromatic N) is 4. The molecule has 21 heavy (non-hydrogen) atoms. The summed E-state index contributed by atoms with van der Waals surface area (Å²) in [5.74, 6) is 0. The van der Waals surface area contributed by atoms with Crippen molar-refractivity contribution in [1.82, 2.24) is 24.4 Å². The molecule has 8 heteroatoms. The molecule has 0 saturated carbocycles. The number of rotatable bonds is 6. The van der Waals surface area contributed by atoms with E-state index in [2.05, 4.69) is 15.3 Å². The largest absolute Gasteiger partial charge is 0.462 e. The van der Waals surface area contributed by atoms with Crippen molar-refractivity contribution < 1.29 is 9.84 Å². The Hall–Kier alpha value is -1.93. The van der Waals surface area contributed by atoms with Gasteiger partial charge in [-0.2, -0.15) is 4.98 Å². The maximum atomic E-state index is 12.2. The van der Waals surface area contributed by atoms with Gasteiger partial charge in [-0.25, -0.2) is 4.98 Å². The van der Waals surface area contributed by atoms with Crippen molar-refractivity contribution in [3.8, 4) is 6.01 Å². The summed E-state index contributed by atoms with van der Waals surface area (Å²) in [5, 5.41) is 12.9. The Kier molecular flexibility index (Phi) is 4.59. The van der Waals surface area contributed by atoms with E-state index in [1.54, 1.807) is 18.7 Å². The van der Waals surface area contributed by atoms with Crippen LogP contribution in [0.15, 0.2) is 11.1 Å². The van der Waals surface area contributed by atoms with E-state index < -0.39 is 6.10 Å². The number of fused-ring (bicyclic) bond motifs is 1. The lowest BCUT2D eigenvalue weighted by atomic mass is 10.3. The lowest BCUT2D eigenvalue weighted by Crippen LogP contribution is -2.35. The van der Waals surface area contributed by atoms with E-state index in [0.29, 0.717) is 17.7 Å². The Morgan fingerprint density at radius 3 is 2.81 bits per heavy atom. The summed E-state index contributed by atoms with van der Waals surface area (Å²) < 4.78 is 8.37. The number of hydrogen-bond acceptors (Lipinski definition) is 6. The van der Waals surface area contributed by atoms with Gasteiger partial charge in [-0.05, 0) is 0 Å². The number of nitrogens with one attached hydrogen (secondary N) is 1. The summed E-state index contributed by atoms with van der Waals surface area (Å²) in [6, 6.07) is 0.432. The zero-order chi connectivity index (χ0) is 15.6. The van der Waals surface area contributed by atoms with Crippen LogP contribution in [0.3, 0.4) is 0 Å². The first kappa shape index (κ1) is 15.5. The van der Waals surface area contributed by atoms with Gasteiger partial charge in [0.25, 0.3) is 5.56 Å². The average molecular weight is 295 g/mol. The van der Waals surface area contributed by atoms with E-state index in [0.717, 1.165) is 0 Å². The molecule has 0 bridgehead atoms. The van der Waals surface area contributed by atoms with Crippen LogP contribution in [0.25, 0.3) is 11.2 Å². The summed E-state index contributed by atoms with van der Waals surface area (Å²) in [6.45, 7) is 4.46. The third kappa shape index (κ3) is 3.40. The molecule has 2 heterocycles. The lowest BCUT2D eigenvalue weighted by molar-refractivity contribution is 0.0969. The van der Waals surface area contributed by atoms with Crippen LogP contribution in [-0.2, 0) is 14.1 Å². The molecule has 0 aliphatic carbocycles. The first-order chi connectivity index (χ1) is 9.90. The maximum Gasteiger partial charge on any atom is 0.301 e. The van der Waals surface area contributed by atoms with Crippen molar-refractivity contribution in [2.24, 2.45) is 14.1 Å². The SMILES string of the molecule is CC(C)NCC(O)COc1nc2ncn(C)c2c(=O)n1C. The van der Waals surface area contributed by atoms with E-state index in [1.807, 2.05) is 13.8 Å². The molecular formula is C13H21N5O3. The molecule has 0 fully saturated rings. The quantitative estimate of drug-likeness (QED) is 0.739. The van der Waals surface area contributed by atoms with E-state index in [1.165, 1.54) is 10.9 Å². The third-order valence-corrected chi connectivity index (χ3v) is 3.08.